The number of halogens is 1. The van der Waals surface area contributed by atoms with Gasteiger partial charge in [-0.1, -0.05) is 154 Å². The number of esters is 2. The lowest BCUT2D eigenvalue weighted by Crippen LogP contribution is -2.36. The number of nitrogens with one attached hydrogen (secondary N) is 3. The number of hydrogen-bond donors (Lipinski definition) is 5. The van der Waals surface area contributed by atoms with Crippen LogP contribution >= 0.6 is 12.4 Å². The number of carboxylic acid groups (broad SMARTS) is 1. The SMILES string of the molecule is C.CC(C)(C)OC(=O)C1(CN)CC1.CC/C(=C\c1ccccc1)[C@@H]1C[C@H]1NC1CCC(=O)CC1.CC/C(=C\c1ccccc1)[C@@H]1C[C@H]1NC1CCC(CCC2(C(=O)O)CC2)CC1.CC/C(=C\c1ccccc1)[C@@H]1C[C@H]1NC1CCC(CCC2(C(=O)OC(C)(C)C)CC2)CC1.Cl. The van der Waals surface area contributed by atoms with Crippen molar-refractivity contribution in [3.8, 4) is 0 Å². The lowest BCUT2D eigenvalue weighted by Gasteiger charge is -2.30. The van der Waals surface area contributed by atoms with Crippen molar-refractivity contribution >= 4 is 54.3 Å². The summed E-state index contributed by atoms with van der Waals surface area (Å²) in [6.45, 7) is 18.8. The minimum absolute atomic E-state index is 0. The Morgan fingerprint density at radius 2 is 0.800 bits per heavy atom. The predicted molar refractivity (Wildman–Crippen MR) is 394 cm³/mol. The highest BCUT2D eigenvalue weighted by atomic mass is 35.5. The van der Waals surface area contributed by atoms with Crippen molar-refractivity contribution in [2.75, 3.05) is 6.54 Å². The van der Waals surface area contributed by atoms with Gasteiger partial charge in [0.15, 0.2) is 0 Å². The van der Waals surface area contributed by atoms with Crippen LogP contribution in [-0.2, 0) is 28.7 Å². The molecule has 12 rings (SSSR count). The number of nitrogens with two attached hydrogens (primary N) is 1. The molecule has 0 radical (unpaired) electrons. The molecule has 9 fully saturated rings. The smallest absolute Gasteiger partial charge is 0.313 e. The molecule has 0 spiro atoms. The van der Waals surface area contributed by atoms with E-state index in [0.29, 0.717) is 60.4 Å². The summed E-state index contributed by atoms with van der Waals surface area (Å²) in [4.78, 5) is 46.7. The highest BCUT2D eigenvalue weighted by Gasteiger charge is 2.53. The fourth-order valence-electron chi connectivity index (χ4n) is 15.1. The maximum absolute atomic E-state index is 12.6. The third-order valence-electron chi connectivity index (χ3n) is 22.2. The third-order valence-corrected chi connectivity index (χ3v) is 22.2. The summed E-state index contributed by atoms with van der Waals surface area (Å²) in [5, 5.41) is 21.0. The molecular weight excluding hydrogens is 1200 g/mol. The zero-order valence-corrected chi connectivity index (χ0v) is 59.9. The Morgan fingerprint density at radius 3 is 1.08 bits per heavy atom. The van der Waals surface area contributed by atoms with Gasteiger partial charge in [-0.3, -0.25) is 19.2 Å². The van der Waals surface area contributed by atoms with E-state index < -0.39 is 5.97 Å². The van der Waals surface area contributed by atoms with Gasteiger partial charge in [0, 0.05) is 55.6 Å². The van der Waals surface area contributed by atoms with Crippen molar-refractivity contribution in [3.05, 3.63) is 124 Å². The summed E-state index contributed by atoms with van der Waals surface area (Å²) in [6.07, 6.45) is 38.1. The van der Waals surface area contributed by atoms with Gasteiger partial charge >= 0.3 is 17.9 Å². The molecule has 0 aromatic heterocycles. The van der Waals surface area contributed by atoms with Crippen molar-refractivity contribution < 1.29 is 33.8 Å². The Balaban J connectivity index is 0.000000186. The molecule has 9 aliphatic rings. The van der Waals surface area contributed by atoms with Crippen LogP contribution in [0.25, 0.3) is 18.2 Å². The zero-order valence-electron chi connectivity index (χ0n) is 59.1. The summed E-state index contributed by atoms with van der Waals surface area (Å²) in [7, 11) is 0. The first kappa shape index (κ1) is 77.4. The van der Waals surface area contributed by atoms with Gasteiger partial charge in [0.1, 0.15) is 17.0 Å². The monoisotopic (exact) mass is 1320 g/mol. The lowest BCUT2D eigenvalue weighted by molar-refractivity contribution is -0.162. The van der Waals surface area contributed by atoms with Crippen molar-refractivity contribution in [3.63, 3.8) is 0 Å². The number of carbonyl (C=O) groups excluding carboxylic acids is 3. The number of ether oxygens (including phenoxy) is 2. The average Bonchev–Trinajstić information content (AvgIpc) is 1.67. The number of hydrogen-bond acceptors (Lipinski definition) is 10. The van der Waals surface area contributed by atoms with E-state index in [-0.39, 0.29) is 59.2 Å². The van der Waals surface area contributed by atoms with E-state index in [9.17, 15) is 24.3 Å². The fourth-order valence-corrected chi connectivity index (χ4v) is 15.1. The summed E-state index contributed by atoms with van der Waals surface area (Å²) < 4.78 is 10.9. The van der Waals surface area contributed by atoms with Crippen LogP contribution in [0.4, 0.5) is 0 Å². The Labute approximate surface area is 580 Å². The van der Waals surface area contributed by atoms with Gasteiger partial charge in [-0.15, -0.1) is 12.4 Å². The van der Waals surface area contributed by atoms with Gasteiger partial charge in [-0.05, 0) is 255 Å². The van der Waals surface area contributed by atoms with Gasteiger partial charge in [0.2, 0.25) is 0 Å². The van der Waals surface area contributed by atoms with Crippen LogP contribution in [0, 0.1) is 45.8 Å². The van der Waals surface area contributed by atoms with E-state index in [1.54, 1.807) is 16.7 Å². The molecule has 3 aromatic rings. The molecule has 0 heterocycles. The van der Waals surface area contributed by atoms with E-state index in [1.807, 2.05) is 41.5 Å². The Kier molecular flexibility index (Phi) is 28.7. The number of rotatable bonds is 25. The molecule has 0 saturated heterocycles. The molecule has 3 aromatic carbocycles. The van der Waals surface area contributed by atoms with Crippen molar-refractivity contribution in [1.82, 2.24) is 16.0 Å². The summed E-state index contributed by atoms with van der Waals surface area (Å²) in [6, 6.07) is 35.9. The Morgan fingerprint density at radius 1 is 0.495 bits per heavy atom. The molecule has 6 N–H and O–H groups in total. The average molecular weight is 1330 g/mol. The summed E-state index contributed by atoms with van der Waals surface area (Å²) in [5.41, 5.74) is 12.6. The van der Waals surface area contributed by atoms with Gasteiger partial charge in [-0.2, -0.15) is 0 Å². The Bertz CT molecular complexity index is 2960. The summed E-state index contributed by atoms with van der Waals surface area (Å²) in [5.74, 6) is 3.48. The van der Waals surface area contributed by atoms with Crippen LogP contribution in [0.2, 0.25) is 0 Å². The zero-order chi connectivity index (χ0) is 66.4. The quantitative estimate of drug-likeness (QED) is 0.0512. The first-order chi connectivity index (χ1) is 44.5. The highest BCUT2D eigenvalue weighted by molar-refractivity contribution is 5.85. The van der Waals surface area contributed by atoms with E-state index in [1.165, 1.54) is 93.7 Å². The summed E-state index contributed by atoms with van der Waals surface area (Å²) >= 11 is 0. The maximum atomic E-state index is 12.6. The molecule has 0 aliphatic heterocycles. The van der Waals surface area contributed by atoms with Crippen LogP contribution in [0.1, 0.15) is 266 Å². The van der Waals surface area contributed by atoms with Gasteiger partial charge in [0.05, 0.1) is 16.2 Å². The fraction of sp³-hybridized carbons (Fsp3) is 0.663. The number of ketones is 1. The number of aliphatic carboxylic acids is 1. The molecule has 9 saturated carbocycles. The molecule has 0 amide bonds. The standard InChI is InChI=1S/C29H43NO2.C25H35NO2.C19H25NO.C9H17NO2.CH4.ClH/c1-5-23(19-22-9-7-6-8-10-22)25-20-26(25)30-24-13-11-21(12-14-24)15-16-29(17-18-29)27(31)32-28(2,3)4;1-2-20(16-19-6-4-3-5-7-19)22-17-23(22)26-21-10-8-18(9-11-21)12-13-25(14-15-25)24(27)28;1-2-15(12-14-6-4-3-5-7-14)18-13-19(18)20-16-8-10-17(21)11-9-16;1-8(2,3)12-7(11)9(6-10)4-5-9;;/h6-10,19,21,24-26,30H,5,11-18,20H2,1-4H3;3-7,16,18,21-23,26H,2,8-15,17H2,1H3,(H,27,28);3-7,12,16,18-20H,2,8-11,13H2,1H3;4-6,10H2,1-3H3;1H4;1H/b23-19+;20-16+;15-12+;;;/t21?,24?,25-,26+;18?,21?,22-,23+;18-,19+;;;/m000.../s1. The first-order valence-corrected chi connectivity index (χ1v) is 37.0. The van der Waals surface area contributed by atoms with Crippen LogP contribution in [0.5, 0.6) is 0 Å². The van der Waals surface area contributed by atoms with Gasteiger partial charge < -0.3 is 36.3 Å². The normalized spacial score (nSPS) is 27.7. The number of Topliss-reactive ketones (excluding diaryl/α,β-unsaturated/α-hetero) is 1. The third kappa shape index (κ3) is 24.2. The number of carbonyl (C=O) groups is 4. The molecule has 6 atom stereocenters. The molecule has 526 valence electrons. The predicted octanol–water partition coefficient (Wildman–Crippen LogP) is 18.7. The van der Waals surface area contributed by atoms with Crippen LogP contribution < -0.4 is 21.7 Å². The second-order valence-corrected chi connectivity index (χ2v) is 32.0. The van der Waals surface area contributed by atoms with Crippen molar-refractivity contribution in [2.45, 2.75) is 297 Å². The molecule has 12 heteroatoms. The molecule has 9 aliphatic carbocycles. The molecule has 11 nitrogen and oxygen atoms in total. The van der Waals surface area contributed by atoms with Crippen molar-refractivity contribution in [2.24, 2.45) is 51.6 Å². The minimum atomic E-state index is -0.557. The van der Waals surface area contributed by atoms with Crippen molar-refractivity contribution in [1.29, 1.82) is 0 Å². The largest absolute Gasteiger partial charge is 0.481 e. The maximum Gasteiger partial charge on any atom is 0.313 e. The topological polar surface area (TPSA) is 169 Å². The molecule has 0 unspecified atom stereocenters. The first-order valence-electron chi connectivity index (χ1n) is 37.0. The van der Waals surface area contributed by atoms with E-state index in [2.05, 4.69) is 146 Å². The van der Waals surface area contributed by atoms with Gasteiger partial charge in [0.25, 0.3) is 0 Å². The molecule has 95 heavy (non-hydrogen) atoms. The number of carboxylic acids is 1. The van der Waals surface area contributed by atoms with E-state index in [4.69, 9.17) is 15.2 Å². The second-order valence-electron chi connectivity index (χ2n) is 32.0. The van der Waals surface area contributed by atoms with Gasteiger partial charge in [-0.25, -0.2) is 0 Å². The number of benzene rings is 3. The van der Waals surface area contributed by atoms with Crippen LogP contribution in [-0.4, -0.2) is 82.8 Å². The van der Waals surface area contributed by atoms with Crippen LogP contribution in [0.3, 0.4) is 0 Å². The van der Waals surface area contributed by atoms with E-state index >= 15 is 0 Å². The lowest BCUT2D eigenvalue weighted by atomic mass is 9.81. The molecular formula is C83H125ClN4O7. The highest BCUT2D eigenvalue weighted by Crippen LogP contribution is 2.54. The molecule has 0 bridgehead atoms. The second kappa shape index (κ2) is 35.2. The van der Waals surface area contributed by atoms with E-state index in [0.717, 1.165) is 120 Å². The van der Waals surface area contributed by atoms with Crippen LogP contribution in [0.15, 0.2) is 108 Å². The minimum Gasteiger partial charge on any atom is -0.481 e. The Hall–Kier alpha value is -4.91.